The average Bonchev–Trinajstić information content (AvgIpc) is 3.22. The van der Waals surface area contributed by atoms with Crippen LogP contribution in [0.25, 0.3) is 0 Å². The first-order chi connectivity index (χ1) is 9.95. The predicted molar refractivity (Wildman–Crippen MR) is 80.1 cm³/mol. The summed E-state index contributed by atoms with van der Waals surface area (Å²) >= 11 is 0. The molecule has 0 heterocycles. The van der Waals surface area contributed by atoms with Crippen molar-refractivity contribution in [1.29, 1.82) is 0 Å². The van der Waals surface area contributed by atoms with Crippen molar-refractivity contribution in [1.82, 2.24) is 10.6 Å². The van der Waals surface area contributed by atoms with Gasteiger partial charge in [-0.3, -0.25) is 4.79 Å². The molecule has 0 spiro atoms. The Balaban J connectivity index is 1.66. The number of nitrogens with two attached hydrogens (primary N) is 1. The summed E-state index contributed by atoms with van der Waals surface area (Å²) in [5.74, 6) is 0.743. The Morgan fingerprint density at radius 2 is 1.90 bits per heavy atom. The van der Waals surface area contributed by atoms with E-state index in [1.807, 2.05) is 0 Å². The molecule has 7 heteroatoms. The normalized spacial score (nSPS) is 14.9. The van der Waals surface area contributed by atoms with Crippen LogP contribution in [-0.4, -0.2) is 34.0 Å². The summed E-state index contributed by atoms with van der Waals surface area (Å²) in [7, 11) is -3.64. The Morgan fingerprint density at radius 1 is 1.24 bits per heavy atom. The number of primary sulfonamides is 1. The third-order valence-electron chi connectivity index (χ3n) is 3.40. The number of amides is 1. The summed E-state index contributed by atoms with van der Waals surface area (Å²) < 4.78 is 22.2. The third kappa shape index (κ3) is 5.82. The van der Waals surface area contributed by atoms with Gasteiger partial charge in [0.15, 0.2) is 0 Å². The van der Waals surface area contributed by atoms with Crippen molar-refractivity contribution in [3.8, 4) is 0 Å². The predicted octanol–water partition coefficient (Wildman–Crippen LogP) is -0.00770. The molecule has 2 rings (SSSR count). The van der Waals surface area contributed by atoms with Gasteiger partial charge in [-0.2, -0.15) is 0 Å². The fourth-order valence-electron chi connectivity index (χ4n) is 1.97. The van der Waals surface area contributed by atoms with Gasteiger partial charge in [0.2, 0.25) is 15.9 Å². The maximum Gasteiger partial charge on any atom is 0.238 e. The second-order valence-electron chi connectivity index (χ2n) is 5.36. The van der Waals surface area contributed by atoms with E-state index >= 15 is 0 Å². The zero-order valence-electron chi connectivity index (χ0n) is 11.8. The van der Waals surface area contributed by atoms with Crippen LogP contribution in [0.15, 0.2) is 29.2 Å². The van der Waals surface area contributed by atoms with E-state index in [9.17, 15) is 13.2 Å². The molecule has 1 aromatic rings. The van der Waals surface area contributed by atoms with Crippen LogP contribution in [0.2, 0.25) is 0 Å². The molecule has 4 N–H and O–H groups in total. The Morgan fingerprint density at radius 3 is 2.48 bits per heavy atom. The van der Waals surface area contributed by atoms with Gasteiger partial charge in [-0.05, 0) is 49.4 Å². The van der Waals surface area contributed by atoms with E-state index < -0.39 is 10.0 Å². The number of benzene rings is 1. The second-order valence-corrected chi connectivity index (χ2v) is 6.92. The van der Waals surface area contributed by atoms with Crippen molar-refractivity contribution < 1.29 is 13.2 Å². The molecule has 6 nitrogen and oxygen atoms in total. The van der Waals surface area contributed by atoms with Crippen molar-refractivity contribution in [2.45, 2.75) is 24.2 Å². The minimum absolute atomic E-state index is 0.0168. The van der Waals surface area contributed by atoms with Crippen LogP contribution in [0, 0.1) is 5.92 Å². The fourth-order valence-corrected chi connectivity index (χ4v) is 2.48. The van der Waals surface area contributed by atoms with E-state index in [1.165, 1.54) is 25.0 Å². The molecule has 1 aliphatic rings. The molecule has 0 radical (unpaired) electrons. The van der Waals surface area contributed by atoms with Gasteiger partial charge < -0.3 is 10.6 Å². The van der Waals surface area contributed by atoms with E-state index in [0.717, 1.165) is 18.0 Å². The maximum absolute atomic E-state index is 11.6. The summed E-state index contributed by atoms with van der Waals surface area (Å²) in [6.45, 7) is 1.79. The quantitative estimate of drug-likeness (QED) is 0.628. The van der Waals surface area contributed by atoms with Crippen molar-refractivity contribution in [3.63, 3.8) is 0 Å². The first-order valence-corrected chi connectivity index (χ1v) is 8.59. The Labute approximate surface area is 125 Å². The molecule has 1 aromatic carbocycles. The van der Waals surface area contributed by atoms with Crippen LogP contribution < -0.4 is 15.8 Å². The topological polar surface area (TPSA) is 101 Å². The molecule has 0 atom stereocenters. The van der Waals surface area contributed by atoms with Crippen LogP contribution >= 0.6 is 0 Å². The van der Waals surface area contributed by atoms with Crippen molar-refractivity contribution in [2.24, 2.45) is 11.1 Å². The molecule has 0 aliphatic heterocycles. The summed E-state index contributed by atoms with van der Waals surface area (Å²) in [4.78, 5) is 11.6. The van der Waals surface area contributed by atoms with Crippen LogP contribution in [-0.2, 0) is 21.2 Å². The monoisotopic (exact) mass is 311 g/mol. The van der Waals surface area contributed by atoms with Gasteiger partial charge in [-0.1, -0.05) is 12.1 Å². The SMILES string of the molecule is NS(=O)(=O)c1ccc(CCNC(=O)CNCC2CC2)cc1. The van der Waals surface area contributed by atoms with Gasteiger partial charge >= 0.3 is 0 Å². The van der Waals surface area contributed by atoms with Crippen molar-refractivity contribution in [3.05, 3.63) is 29.8 Å². The highest BCUT2D eigenvalue weighted by atomic mass is 32.2. The van der Waals surface area contributed by atoms with Crippen LogP contribution in [0.1, 0.15) is 18.4 Å². The highest BCUT2D eigenvalue weighted by Crippen LogP contribution is 2.27. The zero-order valence-corrected chi connectivity index (χ0v) is 12.7. The van der Waals surface area contributed by atoms with Crippen molar-refractivity contribution in [2.75, 3.05) is 19.6 Å². The molecular formula is C14H21N3O3S. The van der Waals surface area contributed by atoms with Crippen LogP contribution in [0.4, 0.5) is 0 Å². The fraction of sp³-hybridized carbons (Fsp3) is 0.500. The van der Waals surface area contributed by atoms with Crippen LogP contribution in [0.3, 0.4) is 0 Å². The lowest BCUT2D eigenvalue weighted by Crippen LogP contribution is -2.35. The number of rotatable bonds is 8. The number of sulfonamides is 1. The molecule has 1 amide bonds. The van der Waals surface area contributed by atoms with Gasteiger partial charge in [0.1, 0.15) is 0 Å². The summed E-state index contributed by atoms with van der Waals surface area (Å²) in [6, 6.07) is 6.36. The molecule has 116 valence electrons. The molecule has 1 saturated carbocycles. The van der Waals surface area contributed by atoms with Crippen LogP contribution in [0.5, 0.6) is 0 Å². The number of hydrogen-bond donors (Lipinski definition) is 3. The minimum atomic E-state index is -3.64. The Hall–Kier alpha value is -1.44. The minimum Gasteiger partial charge on any atom is -0.355 e. The van der Waals surface area contributed by atoms with Crippen molar-refractivity contribution >= 4 is 15.9 Å². The lowest BCUT2D eigenvalue weighted by Gasteiger charge is -2.07. The van der Waals surface area contributed by atoms with Gasteiger partial charge in [0.25, 0.3) is 0 Å². The lowest BCUT2D eigenvalue weighted by molar-refractivity contribution is -0.120. The highest BCUT2D eigenvalue weighted by Gasteiger charge is 2.20. The molecule has 0 unspecified atom stereocenters. The van der Waals surface area contributed by atoms with E-state index in [0.29, 0.717) is 19.5 Å². The maximum atomic E-state index is 11.6. The number of carbonyl (C=O) groups excluding carboxylic acids is 1. The van der Waals surface area contributed by atoms with E-state index in [1.54, 1.807) is 12.1 Å². The number of nitrogens with one attached hydrogen (secondary N) is 2. The molecule has 1 aliphatic carbocycles. The molecule has 21 heavy (non-hydrogen) atoms. The average molecular weight is 311 g/mol. The van der Waals surface area contributed by atoms with Gasteiger partial charge in [-0.25, -0.2) is 13.6 Å². The molecular weight excluding hydrogens is 290 g/mol. The molecule has 1 fully saturated rings. The zero-order chi connectivity index (χ0) is 15.3. The molecule has 0 saturated heterocycles. The van der Waals surface area contributed by atoms with E-state index in [4.69, 9.17) is 5.14 Å². The second kappa shape index (κ2) is 7.02. The lowest BCUT2D eigenvalue weighted by atomic mass is 10.1. The molecule has 0 aromatic heterocycles. The van der Waals surface area contributed by atoms with Gasteiger partial charge in [0, 0.05) is 6.54 Å². The molecule has 0 bridgehead atoms. The third-order valence-corrected chi connectivity index (χ3v) is 4.33. The van der Waals surface area contributed by atoms with E-state index in [2.05, 4.69) is 10.6 Å². The van der Waals surface area contributed by atoms with Gasteiger partial charge in [0.05, 0.1) is 11.4 Å². The smallest absolute Gasteiger partial charge is 0.238 e. The standard InChI is InChI=1S/C14H21N3O3S/c15-21(19,20)13-5-3-11(4-6-13)7-8-17-14(18)10-16-9-12-1-2-12/h3-6,12,16H,1-2,7-10H2,(H,17,18)(H2,15,19,20). The highest BCUT2D eigenvalue weighted by molar-refractivity contribution is 7.89. The van der Waals surface area contributed by atoms with E-state index in [-0.39, 0.29) is 10.8 Å². The Kier molecular flexibility index (Phi) is 5.33. The first-order valence-electron chi connectivity index (χ1n) is 7.04. The summed E-state index contributed by atoms with van der Waals surface area (Å²) in [5, 5.41) is 11.0. The largest absolute Gasteiger partial charge is 0.355 e. The number of carbonyl (C=O) groups is 1. The summed E-state index contributed by atoms with van der Waals surface area (Å²) in [5.41, 5.74) is 0.952. The Bertz CT molecular complexity index is 580. The first kappa shape index (κ1) is 15.9. The number of hydrogen-bond acceptors (Lipinski definition) is 4. The summed E-state index contributed by atoms with van der Waals surface area (Å²) in [6.07, 6.45) is 3.19. The van der Waals surface area contributed by atoms with Gasteiger partial charge in [-0.15, -0.1) is 0 Å².